The third-order valence-corrected chi connectivity index (χ3v) is 4.36. The van der Waals surface area contributed by atoms with E-state index in [2.05, 4.69) is 28.8 Å². The van der Waals surface area contributed by atoms with Gasteiger partial charge >= 0.3 is 6.03 Å². The van der Waals surface area contributed by atoms with E-state index in [1.54, 1.807) is 4.90 Å². The van der Waals surface area contributed by atoms with Crippen molar-refractivity contribution in [2.24, 2.45) is 0 Å². The van der Waals surface area contributed by atoms with Crippen molar-refractivity contribution in [1.29, 1.82) is 0 Å². The van der Waals surface area contributed by atoms with Crippen molar-refractivity contribution in [2.75, 3.05) is 26.2 Å². The van der Waals surface area contributed by atoms with E-state index in [4.69, 9.17) is 0 Å². The summed E-state index contributed by atoms with van der Waals surface area (Å²) >= 11 is 0. The predicted molar refractivity (Wildman–Crippen MR) is 88.2 cm³/mol. The molecule has 0 radical (unpaired) electrons. The molecular formula is C17H22N4O3. The molecule has 2 fully saturated rings. The van der Waals surface area contributed by atoms with Gasteiger partial charge in [0.1, 0.15) is 6.04 Å². The first kappa shape index (κ1) is 16.3. The average molecular weight is 330 g/mol. The molecule has 0 bridgehead atoms. The number of benzene rings is 1. The van der Waals surface area contributed by atoms with Gasteiger partial charge in [-0.3, -0.25) is 9.59 Å². The summed E-state index contributed by atoms with van der Waals surface area (Å²) < 4.78 is 0. The maximum Gasteiger partial charge on any atom is 0.315 e. The van der Waals surface area contributed by atoms with Crippen molar-refractivity contribution in [3.8, 4) is 0 Å². The van der Waals surface area contributed by atoms with Gasteiger partial charge in [0.15, 0.2) is 0 Å². The number of carbonyl (C=O) groups excluding carboxylic acids is 3. The number of hydrogen-bond acceptors (Lipinski definition) is 3. The Kier molecular flexibility index (Phi) is 4.42. The van der Waals surface area contributed by atoms with E-state index in [1.165, 1.54) is 16.0 Å². The van der Waals surface area contributed by atoms with Gasteiger partial charge in [-0.05, 0) is 19.4 Å². The highest BCUT2D eigenvalue weighted by atomic mass is 16.2. The van der Waals surface area contributed by atoms with Crippen molar-refractivity contribution >= 4 is 17.8 Å². The molecule has 3 rings (SSSR count). The fourth-order valence-corrected chi connectivity index (χ4v) is 3.27. The van der Waals surface area contributed by atoms with E-state index in [-0.39, 0.29) is 30.9 Å². The summed E-state index contributed by atoms with van der Waals surface area (Å²) in [4.78, 5) is 39.2. The highest BCUT2D eigenvalue weighted by Gasteiger charge is 2.34. The van der Waals surface area contributed by atoms with E-state index in [0.29, 0.717) is 19.6 Å². The number of piperazine rings is 1. The molecule has 2 heterocycles. The van der Waals surface area contributed by atoms with Gasteiger partial charge < -0.3 is 20.4 Å². The molecule has 1 atom stereocenters. The number of urea groups is 1. The second kappa shape index (κ2) is 6.51. The molecule has 1 aromatic carbocycles. The number of hydrogen-bond donors (Lipinski definition) is 2. The predicted octanol–water partition coefficient (Wildman–Crippen LogP) is 0.156. The minimum Gasteiger partial charge on any atom is -0.336 e. The van der Waals surface area contributed by atoms with Crippen LogP contribution < -0.4 is 10.6 Å². The first-order chi connectivity index (χ1) is 11.4. The van der Waals surface area contributed by atoms with Crippen LogP contribution >= 0.6 is 0 Å². The molecule has 4 amide bonds. The van der Waals surface area contributed by atoms with Crippen molar-refractivity contribution < 1.29 is 14.4 Å². The molecule has 128 valence electrons. The quantitative estimate of drug-likeness (QED) is 0.828. The normalized spacial score (nSPS) is 20.8. The molecule has 7 nitrogen and oxygen atoms in total. The van der Waals surface area contributed by atoms with E-state index < -0.39 is 6.04 Å². The Morgan fingerprint density at radius 3 is 2.46 bits per heavy atom. The van der Waals surface area contributed by atoms with Crippen molar-refractivity contribution in [3.05, 3.63) is 34.9 Å². The van der Waals surface area contributed by atoms with Crippen LogP contribution in [0.5, 0.6) is 0 Å². The number of amides is 4. The zero-order valence-electron chi connectivity index (χ0n) is 14.0. The van der Waals surface area contributed by atoms with E-state index in [0.717, 1.165) is 5.56 Å². The van der Waals surface area contributed by atoms with E-state index in [9.17, 15) is 14.4 Å². The van der Waals surface area contributed by atoms with Crippen molar-refractivity contribution in [2.45, 2.75) is 26.4 Å². The van der Waals surface area contributed by atoms with Crippen LogP contribution in [0.25, 0.3) is 0 Å². The summed E-state index contributed by atoms with van der Waals surface area (Å²) in [5.74, 6) is -0.265. The number of nitrogens with one attached hydrogen (secondary N) is 2. The van der Waals surface area contributed by atoms with Crippen LogP contribution in [0, 0.1) is 13.8 Å². The maximum atomic E-state index is 12.4. The van der Waals surface area contributed by atoms with E-state index in [1.807, 2.05) is 13.8 Å². The molecule has 0 spiro atoms. The van der Waals surface area contributed by atoms with Gasteiger partial charge in [-0.1, -0.05) is 29.3 Å². The van der Waals surface area contributed by atoms with Gasteiger partial charge in [0, 0.05) is 26.2 Å². The van der Waals surface area contributed by atoms with Gasteiger partial charge in [0.05, 0.1) is 6.54 Å². The maximum absolute atomic E-state index is 12.4. The molecule has 2 aliphatic rings. The summed E-state index contributed by atoms with van der Waals surface area (Å²) in [6.07, 6.45) is 0. The Balaban J connectivity index is 1.60. The van der Waals surface area contributed by atoms with E-state index >= 15 is 0 Å². The molecule has 0 unspecified atom stereocenters. The summed E-state index contributed by atoms with van der Waals surface area (Å²) in [5.41, 5.74) is 3.46. The molecule has 1 aromatic rings. The molecule has 2 saturated heterocycles. The minimum absolute atomic E-state index is 0.0639. The zero-order valence-corrected chi connectivity index (χ0v) is 14.0. The van der Waals surface area contributed by atoms with Crippen LogP contribution in [0.3, 0.4) is 0 Å². The van der Waals surface area contributed by atoms with Crippen LogP contribution in [0.15, 0.2) is 18.2 Å². The molecular weight excluding hydrogens is 308 g/mol. The molecule has 0 aliphatic carbocycles. The summed E-state index contributed by atoms with van der Waals surface area (Å²) in [6, 6.07) is 5.35. The second-order valence-corrected chi connectivity index (χ2v) is 6.48. The first-order valence-electron chi connectivity index (χ1n) is 8.10. The monoisotopic (exact) mass is 330 g/mol. The second-order valence-electron chi connectivity index (χ2n) is 6.48. The van der Waals surface area contributed by atoms with Gasteiger partial charge in [0.25, 0.3) is 0 Å². The SMILES string of the molecule is Cc1cc(C)cc(CN2CCN(C(=O)[C@H]3CNC(=O)N3)CC2=O)c1. The zero-order chi connectivity index (χ0) is 17.3. The largest absolute Gasteiger partial charge is 0.336 e. The lowest BCUT2D eigenvalue weighted by molar-refractivity contribution is -0.146. The van der Waals surface area contributed by atoms with Gasteiger partial charge in [-0.15, -0.1) is 0 Å². The van der Waals surface area contributed by atoms with Crippen LogP contribution in [0.4, 0.5) is 4.79 Å². The molecule has 24 heavy (non-hydrogen) atoms. The Morgan fingerprint density at radius 2 is 1.88 bits per heavy atom. The van der Waals surface area contributed by atoms with Crippen molar-refractivity contribution in [1.82, 2.24) is 20.4 Å². The standard InChI is InChI=1S/C17H22N4O3/c1-11-5-12(2)7-13(6-11)9-20-3-4-21(10-15(20)22)16(23)14-8-18-17(24)19-14/h5-7,14H,3-4,8-10H2,1-2H3,(H2,18,19,24)/t14-/m1/s1. The summed E-state index contributed by atoms with van der Waals surface area (Å²) in [7, 11) is 0. The summed E-state index contributed by atoms with van der Waals surface area (Å²) in [6.45, 7) is 5.97. The van der Waals surface area contributed by atoms with Crippen LogP contribution in [-0.2, 0) is 16.1 Å². The van der Waals surface area contributed by atoms with Crippen LogP contribution in [0.1, 0.15) is 16.7 Å². The average Bonchev–Trinajstić information content (AvgIpc) is 2.94. The number of nitrogens with zero attached hydrogens (tertiary/aromatic N) is 2. The molecule has 2 N–H and O–H groups in total. The molecule has 7 heteroatoms. The Bertz CT molecular complexity index is 668. The molecule has 0 aromatic heterocycles. The van der Waals surface area contributed by atoms with Crippen LogP contribution in [0.2, 0.25) is 0 Å². The smallest absolute Gasteiger partial charge is 0.315 e. The topological polar surface area (TPSA) is 81.8 Å². The lowest BCUT2D eigenvalue weighted by atomic mass is 10.1. The first-order valence-corrected chi connectivity index (χ1v) is 8.10. The van der Waals surface area contributed by atoms with Crippen LogP contribution in [-0.4, -0.2) is 59.9 Å². The third kappa shape index (κ3) is 3.50. The lowest BCUT2D eigenvalue weighted by Gasteiger charge is -2.35. The lowest BCUT2D eigenvalue weighted by Crippen LogP contribution is -2.55. The third-order valence-electron chi connectivity index (χ3n) is 4.36. The van der Waals surface area contributed by atoms with Gasteiger partial charge in [-0.25, -0.2) is 4.79 Å². The van der Waals surface area contributed by atoms with Crippen molar-refractivity contribution in [3.63, 3.8) is 0 Å². The van der Waals surface area contributed by atoms with Gasteiger partial charge in [0.2, 0.25) is 11.8 Å². The Hall–Kier alpha value is -2.57. The fraction of sp³-hybridized carbons (Fsp3) is 0.471. The Labute approximate surface area is 141 Å². The minimum atomic E-state index is -0.573. The number of carbonyl (C=O) groups is 3. The summed E-state index contributed by atoms with van der Waals surface area (Å²) in [5, 5.41) is 5.12. The molecule has 2 aliphatic heterocycles. The fourth-order valence-electron chi connectivity index (χ4n) is 3.27. The highest BCUT2D eigenvalue weighted by molar-refractivity contribution is 5.93. The highest BCUT2D eigenvalue weighted by Crippen LogP contribution is 2.14. The number of aryl methyl sites for hydroxylation is 2. The number of rotatable bonds is 3. The van der Waals surface area contributed by atoms with Gasteiger partial charge in [-0.2, -0.15) is 0 Å². The Morgan fingerprint density at radius 1 is 1.17 bits per heavy atom. The molecule has 0 saturated carbocycles.